The molecule has 24 heavy (non-hydrogen) atoms. The Morgan fingerprint density at radius 2 is 1.25 bits per heavy atom. The monoisotopic (exact) mass is 313 g/mol. The molecule has 3 heteroatoms. The van der Waals surface area contributed by atoms with Crippen LogP contribution in [0.15, 0.2) is 78.9 Å². The molecule has 1 fully saturated rings. The number of nitrogens with zero attached hydrogens (tertiary/aromatic N) is 1. The van der Waals surface area contributed by atoms with Gasteiger partial charge in [0.2, 0.25) is 6.04 Å². The lowest BCUT2D eigenvalue weighted by atomic mass is 9.88. The Morgan fingerprint density at radius 1 is 0.750 bits per heavy atom. The molecule has 0 bridgehead atoms. The highest BCUT2D eigenvalue weighted by molar-refractivity contribution is 5.85. The van der Waals surface area contributed by atoms with Crippen molar-refractivity contribution >= 4 is 0 Å². The van der Waals surface area contributed by atoms with Crippen molar-refractivity contribution in [2.45, 2.75) is 17.4 Å². The molecular weight excluding hydrogens is 298 g/mol. The van der Waals surface area contributed by atoms with Crippen molar-refractivity contribution in [3.63, 3.8) is 0 Å². The number of nitro groups is 1. The highest BCUT2D eigenvalue weighted by atomic mass is 16.6. The number of benzene rings is 3. The summed E-state index contributed by atoms with van der Waals surface area (Å²) in [6, 6.07) is 25.6. The Labute approximate surface area is 139 Å². The molecule has 5 rings (SSSR count). The largest absolute Gasteiger partial charge is 0.264 e. The van der Waals surface area contributed by atoms with E-state index < -0.39 is 11.5 Å². The lowest BCUT2D eigenvalue weighted by molar-refractivity contribution is -0.499. The number of fused-ring (bicyclic) bond motifs is 5. The van der Waals surface area contributed by atoms with Crippen LogP contribution in [0.2, 0.25) is 0 Å². The van der Waals surface area contributed by atoms with Crippen molar-refractivity contribution in [3.05, 3.63) is 106 Å². The molecule has 0 radical (unpaired) electrons. The van der Waals surface area contributed by atoms with Crippen molar-refractivity contribution in [2.75, 3.05) is 0 Å². The standard InChI is InChI=1S/C21H15NO2/c23-22(24)20-19(14-8-2-1-3-9-14)21(20)17-12-6-4-10-15(17)16-11-5-7-13-18(16)21/h1-13,19-20H/t19-,20-/m1/s1. The summed E-state index contributed by atoms with van der Waals surface area (Å²) < 4.78 is 0. The van der Waals surface area contributed by atoms with Crippen LogP contribution in [0, 0.1) is 10.1 Å². The summed E-state index contributed by atoms with van der Waals surface area (Å²) in [5.41, 5.74) is 4.99. The van der Waals surface area contributed by atoms with Crippen LogP contribution < -0.4 is 0 Å². The van der Waals surface area contributed by atoms with Crippen molar-refractivity contribution in [1.82, 2.24) is 0 Å². The SMILES string of the molecule is O=[N+]([O-])[C@@H]1[C@@H](c2ccccc2)C12c1ccccc1-c1ccccc12. The highest BCUT2D eigenvalue weighted by Gasteiger charge is 2.78. The first-order valence-corrected chi connectivity index (χ1v) is 8.14. The zero-order chi connectivity index (χ0) is 16.3. The summed E-state index contributed by atoms with van der Waals surface area (Å²) in [6.45, 7) is 0. The maximum Gasteiger partial charge on any atom is 0.235 e. The van der Waals surface area contributed by atoms with Gasteiger partial charge < -0.3 is 0 Å². The molecule has 0 unspecified atom stereocenters. The van der Waals surface area contributed by atoms with E-state index in [1.54, 1.807) is 0 Å². The Hall–Kier alpha value is -2.94. The second-order valence-electron chi connectivity index (χ2n) is 6.58. The molecule has 2 aliphatic carbocycles. The molecule has 2 atom stereocenters. The molecular formula is C21H15NO2. The first kappa shape index (κ1) is 13.5. The van der Waals surface area contributed by atoms with E-state index in [0.717, 1.165) is 27.8 Å². The zero-order valence-electron chi connectivity index (χ0n) is 12.9. The van der Waals surface area contributed by atoms with E-state index >= 15 is 0 Å². The molecule has 3 nitrogen and oxygen atoms in total. The van der Waals surface area contributed by atoms with Crippen LogP contribution in [-0.2, 0) is 5.41 Å². The first-order chi connectivity index (χ1) is 11.8. The normalized spacial score (nSPS) is 22.0. The highest BCUT2D eigenvalue weighted by Crippen LogP contribution is 2.70. The van der Waals surface area contributed by atoms with Crippen molar-refractivity contribution in [3.8, 4) is 11.1 Å². The number of hydrogen-bond acceptors (Lipinski definition) is 2. The quantitative estimate of drug-likeness (QED) is 0.520. The molecule has 116 valence electrons. The van der Waals surface area contributed by atoms with Gasteiger partial charge in [-0.3, -0.25) is 10.1 Å². The van der Waals surface area contributed by atoms with Gasteiger partial charge in [-0.15, -0.1) is 0 Å². The average molecular weight is 313 g/mol. The Bertz CT molecular complexity index is 919. The molecule has 0 aliphatic heterocycles. The minimum absolute atomic E-state index is 0.0868. The second-order valence-corrected chi connectivity index (χ2v) is 6.58. The number of rotatable bonds is 2. The molecule has 0 heterocycles. The third-order valence-corrected chi connectivity index (χ3v) is 5.59. The van der Waals surface area contributed by atoms with E-state index in [2.05, 4.69) is 24.3 Å². The molecule has 1 spiro atoms. The fraction of sp³-hybridized carbons (Fsp3) is 0.143. The average Bonchev–Trinajstić information content (AvgIpc) is 3.25. The zero-order valence-corrected chi connectivity index (χ0v) is 12.9. The van der Waals surface area contributed by atoms with Crippen molar-refractivity contribution < 1.29 is 4.92 Å². The predicted octanol–water partition coefficient (Wildman–Crippen LogP) is 4.40. The number of hydrogen-bond donors (Lipinski definition) is 0. The van der Waals surface area contributed by atoms with E-state index in [1.165, 1.54) is 0 Å². The Morgan fingerprint density at radius 3 is 1.79 bits per heavy atom. The second kappa shape index (κ2) is 4.54. The molecule has 0 saturated heterocycles. The third-order valence-electron chi connectivity index (χ3n) is 5.59. The van der Waals surface area contributed by atoms with Crippen LogP contribution in [-0.4, -0.2) is 11.0 Å². The van der Waals surface area contributed by atoms with Gasteiger partial charge in [0.15, 0.2) is 0 Å². The van der Waals surface area contributed by atoms with Crippen LogP contribution in [0.5, 0.6) is 0 Å². The molecule has 0 N–H and O–H groups in total. The minimum Gasteiger partial charge on any atom is -0.264 e. The molecule has 0 aromatic heterocycles. The first-order valence-electron chi connectivity index (χ1n) is 8.14. The van der Waals surface area contributed by atoms with Gasteiger partial charge in [-0.25, -0.2) is 0 Å². The molecule has 1 saturated carbocycles. The Balaban J connectivity index is 1.82. The summed E-state index contributed by atoms with van der Waals surface area (Å²) in [7, 11) is 0. The van der Waals surface area contributed by atoms with E-state index in [-0.39, 0.29) is 10.8 Å². The van der Waals surface area contributed by atoms with Crippen molar-refractivity contribution in [1.29, 1.82) is 0 Å². The Kier molecular flexibility index (Phi) is 2.55. The van der Waals surface area contributed by atoms with Gasteiger partial charge in [0.1, 0.15) is 5.41 Å². The smallest absolute Gasteiger partial charge is 0.235 e. The van der Waals surface area contributed by atoms with Crippen LogP contribution in [0.25, 0.3) is 11.1 Å². The topological polar surface area (TPSA) is 43.1 Å². The summed E-state index contributed by atoms with van der Waals surface area (Å²) in [6.07, 6.45) is 0. The van der Waals surface area contributed by atoms with E-state index in [4.69, 9.17) is 0 Å². The molecule has 3 aromatic rings. The summed E-state index contributed by atoms with van der Waals surface area (Å²) in [4.78, 5) is 11.8. The van der Waals surface area contributed by atoms with Crippen molar-refractivity contribution in [2.24, 2.45) is 0 Å². The summed E-state index contributed by atoms with van der Waals surface area (Å²) in [5, 5.41) is 11.9. The van der Waals surface area contributed by atoms with Crippen LogP contribution in [0.1, 0.15) is 22.6 Å². The van der Waals surface area contributed by atoms with Gasteiger partial charge in [-0.1, -0.05) is 78.9 Å². The van der Waals surface area contributed by atoms with Gasteiger partial charge in [0, 0.05) is 4.92 Å². The minimum atomic E-state index is -0.607. The van der Waals surface area contributed by atoms with Crippen LogP contribution in [0.4, 0.5) is 0 Å². The van der Waals surface area contributed by atoms with Gasteiger partial charge >= 0.3 is 0 Å². The third kappa shape index (κ3) is 1.47. The fourth-order valence-electron chi connectivity index (χ4n) is 4.72. The van der Waals surface area contributed by atoms with Gasteiger partial charge in [0.25, 0.3) is 0 Å². The molecule has 2 aliphatic rings. The summed E-state index contributed by atoms with van der Waals surface area (Å²) >= 11 is 0. The van der Waals surface area contributed by atoms with Crippen LogP contribution in [0.3, 0.4) is 0 Å². The fourth-order valence-corrected chi connectivity index (χ4v) is 4.72. The molecule has 0 amide bonds. The van der Waals surface area contributed by atoms with E-state index in [9.17, 15) is 10.1 Å². The maximum absolute atomic E-state index is 11.9. The van der Waals surface area contributed by atoms with Crippen LogP contribution >= 0.6 is 0 Å². The molecule has 3 aromatic carbocycles. The van der Waals surface area contributed by atoms with E-state index in [1.807, 2.05) is 54.6 Å². The van der Waals surface area contributed by atoms with E-state index in [0.29, 0.717) is 0 Å². The predicted molar refractivity (Wildman–Crippen MR) is 92.6 cm³/mol. The lowest BCUT2D eigenvalue weighted by Crippen LogP contribution is -2.17. The van der Waals surface area contributed by atoms with Gasteiger partial charge in [-0.2, -0.15) is 0 Å². The summed E-state index contributed by atoms with van der Waals surface area (Å²) in [5.74, 6) is -0.113. The maximum atomic E-state index is 11.9. The lowest BCUT2D eigenvalue weighted by Gasteiger charge is -2.11. The van der Waals surface area contributed by atoms with Gasteiger partial charge in [-0.05, 0) is 27.8 Å². The van der Waals surface area contributed by atoms with Gasteiger partial charge in [0.05, 0.1) is 5.92 Å².